The standard InChI is InChI=1S/C14H19NO3/c15-13-10-17-9-12(13)14(16)18-8-4-7-11-5-2-1-3-6-11/h1-3,5-6,12-13H,4,7-10,15H2. The molecule has 1 aliphatic heterocycles. The monoisotopic (exact) mass is 249 g/mol. The molecule has 1 aromatic rings. The average molecular weight is 249 g/mol. The second-order valence-corrected chi connectivity index (χ2v) is 4.56. The van der Waals surface area contributed by atoms with Gasteiger partial charge < -0.3 is 15.2 Å². The molecule has 1 fully saturated rings. The Balaban J connectivity index is 1.65. The van der Waals surface area contributed by atoms with E-state index in [1.54, 1.807) is 0 Å². The van der Waals surface area contributed by atoms with Gasteiger partial charge in [-0.1, -0.05) is 30.3 Å². The lowest BCUT2D eigenvalue weighted by atomic mass is 10.1. The van der Waals surface area contributed by atoms with Gasteiger partial charge in [-0.05, 0) is 18.4 Å². The summed E-state index contributed by atoms with van der Waals surface area (Å²) >= 11 is 0. The minimum absolute atomic E-state index is 0.216. The van der Waals surface area contributed by atoms with Crippen LogP contribution in [-0.4, -0.2) is 31.8 Å². The number of ether oxygens (including phenoxy) is 2. The van der Waals surface area contributed by atoms with Crippen molar-refractivity contribution in [2.75, 3.05) is 19.8 Å². The van der Waals surface area contributed by atoms with Gasteiger partial charge in [0.1, 0.15) is 0 Å². The molecular weight excluding hydrogens is 230 g/mol. The molecule has 0 amide bonds. The Morgan fingerprint density at radius 3 is 2.78 bits per heavy atom. The van der Waals surface area contributed by atoms with Crippen molar-refractivity contribution in [1.29, 1.82) is 0 Å². The lowest BCUT2D eigenvalue weighted by Crippen LogP contribution is -2.35. The van der Waals surface area contributed by atoms with Gasteiger partial charge in [-0.15, -0.1) is 0 Å². The maximum atomic E-state index is 11.7. The lowest BCUT2D eigenvalue weighted by Gasteiger charge is -2.12. The summed E-state index contributed by atoms with van der Waals surface area (Å²) in [6.07, 6.45) is 1.75. The van der Waals surface area contributed by atoms with Crippen LogP contribution >= 0.6 is 0 Å². The van der Waals surface area contributed by atoms with Gasteiger partial charge in [0, 0.05) is 6.04 Å². The fraction of sp³-hybridized carbons (Fsp3) is 0.500. The molecule has 0 saturated carbocycles. The first-order chi connectivity index (χ1) is 8.77. The molecule has 1 saturated heterocycles. The van der Waals surface area contributed by atoms with Crippen LogP contribution in [0.25, 0.3) is 0 Å². The van der Waals surface area contributed by atoms with Crippen molar-refractivity contribution in [1.82, 2.24) is 0 Å². The highest BCUT2D eigenvalue weighted by molar-refractivity contribution is 5.73. The number of carbonyl (C=O) groups is 1. The largest absolute Gasteiger partial charge is 0.465 e. The van der Waals surface area contributed by atoms with Crippen molar-refractivity contribution in [2.24, 2.45) is 11.7 Å². The smallest absolute Gasteiger partial charge is 0.312 e. The molecule has 2 atom stereocenters. The van der Waals surface area contributed by atoms with Crippen molar-refractivity contribution in [3.8, 4) is 0 Å². The molecule has 0 aliphatic carbocycles. The first kappa shape index (κ1) is 13.1. The predicted octanol–water partition coefficient (Wildman–Crippen LogP) is 1.14. The number of hydrogen-bond donors (Lipinski definition) is 1. The number of esters is 1. The van der Waals surface area contributed by atoms with E-state index in [0.29, 0.717) is 19.8 Å². The topological polar surface area (TPSA) is 61.5 Å². The third kappa shape index (κ3) is 3.55. The molecule has 0 radical (unpaired) electrons. The quantitative estimate of drug-likeness (QED) is 0.628. The lowest BCUT2D eigenvalue weighted by molar-refractivity contribution is -0.148. The Labute approximate surface area is 107 Å². The Kier molecular flexibility index (Phi) is 4.73. The van der Waals surface area contributed by atoms with E-state index in [9.17, 15) is 4.79 Å². The fourth-order valence-corrected chi connectivity index (χ4v) is 2.01. The van der Waals surface area contributed by atoms with Crippen molar-refractivity contribution in [3.05, 3.63) is 35.9 Å². The van der Waals surface area contributed by atoms with Crippen LogP contribution in [0.1, 0.15) is 12.0 Å². The van der Waals surface area contributed by atoms with Gasteiger partial charge in [-0.3, -0.25) is 4.79 Å². The minimum Gasteiger partial charge on any atom is -0.465 e. The van der Waals surface area contributed by atoms with Crippen molar-refractivity contribution >= 4 is 5.97 Å². The SMILES string of the molecule is NC1COCC1C(=O)OCCCc1ccccc1. The molecule has 0 bridgehead atoms. The van der Waals surface area contributed by atoms with Gasteiger partial charge in [-0.25, -0.2) is 0 Å². The van der Waals surface area contributed by atoms with Crippen LogP contribution in [0, 0.1) is 5.92 Å². The molecule has 1 aliphatic rings. The molecule has 2 N–H and O–H groups in total. The van der Waals surface area contributed by atoms with E-state index in [2.05, 4.69) is 12.1 Å². The van der Waals surface area contributed by atoms with Crippen molar-refractivity contribution < 1.29 is 14.3 Å². The molecule has 0 spiro atoms. The Morgan fingerprint density at radius 2 is 2.11 bits per heavy atom. The molecule has 4 nitrogen and oxygen atoms in total. The van der Waals surface area contributed by atoms with E-state index in [0.717, 1.165) is 12.8 Å². The third-order valence-corrected chi connectivity index (χ3v) is 3.12. The highest BCUT2D eigenvalue weighted by Crippen LogP contribution is 2.13. The van der Waals surface area contributed by atoms with Gasteiger partial charge in [0.05, 0.1) is 25.7 Å². The summed E-state index contributed by atoms with van der Waals surface area (Å²) in [5.74, 6) is -0.519. The normalized spacial score (nSPS) is 22.9. The van der Waals surface area contributed by atoms with Crippen LogP contribution in [0.4, 0.5) is 0 Å². The van der Waals surface area contributed by atoms with E-state index in [1.165, 1.54) is 5.56 Å². The molecule has 1 aromatic carbocycles. The first-order valence-corrected chi connectivity index (χ1v) is 6.31. The molecule has 98 valence electrons. The maximum absolute atomic E-state index is 11.7. The van der Waals surface area contributed by atoms with E-state index >= 15 is 0 Å². The van der Waals surface area contributed by atoms with Crippen LogP contribution in [-0.2, 0) is 20.7 Å². The Bertz CT molecular complexity index is 380. The zero-order valence-corrected chi connectivity index (χ0v) is 10.4. The zero-order chi connectivity index (χ0) is 12.8. The van der Waals surface area contributed by atoms with Gasteiger partial charge >= 0.3 is 5.97 Å². The zero-order valence-electron chi connectivity index (χ0n) is 10.4. The first-order valence-electron chi connectivity index (χ1n) is 6.31. The summed E-state index contributed by atoms with van der Waals surface area (Å²) < 4.78 is 10.4. The summed E-state index contributed by atoms with van der Waals surface area (Å²) in [7, 11) is 0. The third-order valence-electron chi connectivity index (χ3n) is 3.12. The molecule has 2 unspecified atom stereocenters. The maximum Gasteiger partial charge on any atom is 0.312 e. The second kappa shape index (κ2) is 6.52. The summed E-state index contributed by atoms with van der Waals surface area (Å²) in [6, 6.07) is 9.94. The second-order valence-electron chi connectivity index (χ2n) is 4.56. The summed E-state index contributed by atoms with van der Waals surface area (Å²) in [6.45, 7) is 1.28. The molecular formula is C14H19NO3. The number of carbonyl (C=O) groups excluding carboxylic acids is 1. The van der Waals surface area contributed by atoms with Gasteiger partial charge in [0.2, 0.25) is 0 Å². The van der Waals surface area contributed by atoms with Gasteiger partial charge in [0.25, 0.3) is 0 Å². The summed E-state index contributed by atoms with van der Waals surface area (Å²) in [5.41, 5.74) is 7.01. The molecule has 0 aromatic heterocycles. The number of rotatable bonds is 5. The highest BCUT2D eigenvalue weighted by Gasteiger charge is 2.32. The highest BCUT2D eigenvalue weighted by atomic mass is 16.5. The molecule has 18 heavy (non-hydrogen) atoms. The number of nitrogens with two attached hydrogens (primary N) is 1. The fourth-order valence-electron chi connectivity index (χ4n) is 2.01. The minimum atomic E-state index is -0.290. The van der Waals surface area contributed by atoms with E-state index in [4.69, 9.17) is 15.2 Å². The molecule has 2 rings (SSSR count). The summed E-state index contributed by atoms with van der Waals surface area (Å²) in [4.78, 5) is 11.7. The van der Waals surface area contributed by atoms with Crippen LogP contribution in [0.15, 0.2) is 30.3 Å². The Hall–Kier alpha value is -1.39. The van der Waals surface area contributed by atoms with Crippen LogP contribution in [0.5, 0.6) is 0 Å². The molecule has 1 heterocycles. The van der Waals surface area contributed by atoms with E-state index in [-0.39, 0.29) is 17.9 Å². The van der Waals surface area contributed by atoms with Crippen LogP contribution < -0.4 is 5.73 Å². The van der Waals surface area contributed by atoms with Crippen LogP contribution in [0.3, 0.4) is 0 Å². The van der Waals surface area contributed by atoms with E-state index < -0.39 is 0 Å². The Morgan fingerprint density at radius 1 is 1.33 bits per heavy atom. The van der Waals surface area contributed by atoms with Crippen molar-refractivity contribution in [3.63, 3.8) is 0 Å². The van der Waals surface area contributed by atoms with Crippen LogP contribution in [0.2, 0.25) is 0 Å². The van der Waals surface area contributed by atoms with Gasteiger partial charge in [0.15, 0.2) is 0 Å². The van der Waals surface area contributed by atoms with Gasteiger partial charge in [-0.2, -0.15) is 0 Å². The summed E-state index contributed by atoms with van der Waals surface area (Å²) in [5, 5.41) is 0. The number of aryl methyl sites for hydroxylation is 1. The van der Waals surface area contributed by atoms with Crippen molar-refractivity contribution in [2.45, 2.75) is 18.9 Å². The van der Waals surface area contributed by atoms with E-state index in [1.807, 2.05) is 18.2 Å². The number of hydrogen-bond acceptors (Lipinski definition) is 4. The average Bonchev–Trinajstić information content (AvgIpc) is 2.82. The molecule has 4 heteroatoms. The predicted molar refractivity (Wildman–Crippen MR) is 68.0 cm³/mol. The number of benzene rings is 1.